The van der Waals surface area contributed by atoms with Gasteiger partial charge in [0.2, 0.25) is 0 Å². The van der Waals surface area contributed by atoms with Crippen molar-refractivity contribution in [1.82, 2.24) is 10.2 Å². The molecule has 1 aliphatic rings. The van der Waals surface area contributed by atoms with Gasteiger partial charge >= 0.3 is 0 Å². The van der Waals surface area contributed by atoms with E-state index in [1.807, 2.05) is 0 Å². The smallest absolute Gasteiger partial charge is 0.169 e. The fraction of sp³-hybridized carbons (Fsp3) is 0.500. The van der Waals surface area contributed by atoms with Crippen LogP contribution in [0.4, 0.5) is 0 Å². The van der Waals surface area contributed by atoms with E-state index in [0.717, 1.165) is 31.0 Å². The summed E-state index contributed by atoms with van der Waals surface area (Å²) in [7, 11) is 0. The highest BCUT2D eigenvalue weighted by molar-refractivity contribution is 7.80. The molecule has 1 N–H and O–H groups in total. The minimum absolute atomic E-state index is 0.502. The van der Waals surface area contributed by atoms with Crippen molar-refractivity contribution in [3.63, 3.8) is 0 Å². The molecule has 1 fully saturated rings. The van der Waals surface area contributed by atoms with Gasteiger partial charge in [0.25, 0.3) is 0 Å². The molecule has 0 aliphatic carbocycles. The Bertz CT molecular complexity index is 252. The minimum Gasteiger partial charge on any atom is -0.352 e. The van der Waals surface area contributed by atoms with Crippen LogP contribution in [0.2, 0.25) is 0 Å². The van der Waals surface area contributed by atoms with Crippen LogP contribution in [0.3, 0.4) is 0 Å². The van der Waals surface area contributed by atoms with Crippen LogP contribution in [0.1, 0.15) is 12.8 Å². The number of rotatable bonds is 1. The predicted molar refractivity (Wildman–Crippen MR) is 59.4 cm³/mol. The molecule has 0 aromatic carbocycles. The number of nitrogens with zero attached hydrogens (tertiary/aromatic N) is 1. The molecule has 70 valence electrons. The van der Waals surface area contributed by atoms with E-state index < -0.39 is 0 Å². The first kappa shape index (κ1) is 10.1. The second-order valence-corrected chi connectivity index (χ2v) is 3.52. The fourth-order valence-electron chi connectivity index (χ4n) is 1.36. The van der Waals surface area contributed by atoms with Gasteiger partial charge in [-0.25, -0.2) is 0 Å². The lowest BCUT2D eigenvalue weighted by atomic mass is 10.1. The quantitative estimate of drug-likeness (QED) is 0.383. The Kier molecular flexibility index (Phi) is 3.78. The summed E-state index contributed by atoms with van der Waals surface area (Å²) >= 11 is 5.17. The van der Waals surface area contributed by atoms with Gasteiger partial charge in [0.1, 0.15) is 0 Å². The Labute approximate surface area is 85.0 Å². The van der Waals surface area contributed by atoms with Gasteiger partial charge in [0.05, 0.1) is 6.54 Å². The summed E-state index contributed by atoms with van der Waals surface area (Å²) in [4.78, 5) is 2.11. The number of thiocarbonyl (C=S) groups is 1. The summed E-state index contributed by atoms with van der Waals surface area (Å²) < 4.78 is 0. The SMILES string of the molecule is C#CCNC(=S)N1CCCC(=C)C1. The van der Waals surface area contributed by atoms with Crippen LogP contribution in [0, 0.1) is 12.3 Å². The van der Waals surface area contributed by atoms with Gasteiger partial charge in [0, 0.05) is 13.1 Å². The third-order valence-electron chi connectivity index (χ3n) is 2.00. The van der Waals surface area contributed by atoms with Crippen LogP contribution < -0.4 is 5.32 Å². The van der Waals surface area contributed by atoms with Crippen molar-refractivity contribution < 1.29 is 0 Å². The summed E-state index contributed by atoms with van der Waals surface area (Å²) in [6.07, 6.45) is 7.38. The average molecular weight is 194 g/mol. The Hall–Kier alpha value is -1.01. The van der Waals surface area contributed by atoms with Gasteiger partial charge < -0.3 is 10.2 Å². The van der Waals surface area contributed by atoms with Gasteiger partial charge in [-0.05, 0) is 25.1 Å². The molecule has 1 rings (SSSR count). The molecule has 1 aliphatic heterocycles. The molecule has 1 saturated heterocycles. The van der Waals surface area contributed by atoms with E-state index in [-0.39, 0.29) is 0 Å². The number of terminal acetylenes is 1. The van der Waals surface area contributed by atoms with Gasteiger partial charge in [0.15, 0.2) is 5.11 Å². The molecule has 0 amide bonds. The number of piperidine rings is 1. The molecule has 3 heteroatoms. The maximum absolute atomic E-state index is 5.17. The highest BCUT2D eigenvalue weighted by Gasteiger charge is 2.14. The first-order chi connectivity index (χ1) is 6.24. The normalized spacial score (nSPS) is 16.5. The molecule has 0 unspecified atom stereocenters. The largest absolute Gasteiger partial charge is 0.352 e. The molecule has 0 aromatic heterocycles. The summed E-state index contributed by atoms with van der Waals surface area (Å²) in [6.45, 7) is 6.34. The Morgan fingerprint density at radius 1 is 1.77 bits per heavy atom. The van der Waals surface area contributed by atoms with Crippen molar-refractivity contribution in [3.8, 4) is 12.3 Å². The molecular weight excluding hydrogens is 180 g/mol. The zero-order valence-electron chi connectivity index (χ0n) is 7.68. The lowest BCUT2D eigenvalue weighted by Gasteiger charge is -2.30. The van der Waals surface area contributed by atoms with E-state index in [9.17, 15) is 0 Å². The van der Waals surface area contributed by atoms with Gasteiger partial charge in [-0.1, -0.05) is 18.1 Å². The number of nitrogens with one attached hydrogen (secondary N) is 1. The van der Waals surface area contributed by atoms with Gasteiger partial charge in [-0.2, -0.15) is 0 Å². The van der Waals surface area contributed by atoms with Crippen molar-refractivity contribution in [2.24, 2.45) is 0 Å². The predicted octanol–water partition coefficient (Wildman–Crippen LogP) is 1.15. The number of likely N-dealkylation sites (tertiary alicyclic amines) is 1. The van der Waals surface area contributed by atoms with Crippen LogP contribution in [0.15, 0.2) is 12.2 Å². The molecule has 0 radical (unpaired) electrons. The van der Waals surface area contributed by atoms with E-state index in [0.29, 0.717) is 6.54 Å². The zero-order chi connectivity index (χ0) is 9.68. The third kappa shape index (κ3) is 3.08. The average Bonchev–Trinajstić information content (AvgIpc) is 2.14. The van der Waals surface area contributed by atoms with Crippen LogP contribution in [-0.2, 0) is 0 Å². The third-order valence-corrected chi connectivity index (χ3v) is 2.40. The maximum Gasteiger partial charge on any atom is 0.169 e. The molecule has 0 aromatic rings. The Morgan fingerprint density at radius 2 is 2.54 bits per heavy atom. The second kappa shape index (κ2) is 4.88. The lowest BCUT2D eigenvalue weighted by Crippen LogP contribution is -2.43. The number of hydrogen-bond acceptors (Lipinski definition) is 1. The van der Waals surface area contributed by atoms with Crippen molar-refractivity contribution in [2.75, 3.05) is 19.6 Å². The Morgan fingerprint density at radius 3 is 3.15 bits per heavy atom. The number of hydrogen-bond donors (Lipinski definition) is 1. The summed E-state index contributed by atoms with van der Waals surface area (Å²) in [5, 5.41) is 3.75. The molecule has 13 heavy (non-hydrogen) atoms. The molecule has 2 nitrogen and oxygen atoms in total. The highest BCUT2D eigenvalue weighted by Crippen LogP contribution is 2.13. The van der Waals surface area contributed by atoms with Crippen molar-refractivity contribution >= 4 is 17.3 Å². The van der Waals surface area contributed by atoms with Crippen LogP contribution in [-0.4, -0.2) is 29.6 Å². The van der Waals surface area contributed by atoms with E-state index in [1.165, 1.54) is 5.57 Å². The van der Waals surface area contributed by atoms with Crippen LogP contribution in [0.25, 0.3) is 0 Å². The lowest BCUT2D eigenvalue weighted by molar-refractivity contribution is 0.394. The van der Waals surface area contributed by atoms with Gasteiger partial charge in [-0.15, -0.1) is 6.42 Å². The first-order valence-electron chi connectivity index (χ1n) is 4.37. The molecule has 0 saturated carbocycles. The molecule has 0 atom stereocenters. The molecule has 0 bridgehead atoms. The van der Waals surface area contributed by atoms with Crippen molar-refractivity contribution in [2.45, 2.75) is 12.8 Å². The molecular formula is C10H14N2S. The second-order valence-electron chi connectivity index (χ2n) is 3.14. The van der Waals surface area contributed by atoms with E-state index in [1.54, 1.807) is 0 Å². The standard InChI is InChI=1S/C10H14N2S/c1-3-6-11-10(13)12-7-4-5-9(2)8-12/h1H,2,4-8H2,(H,11,13). The monoisotopic (exact) mass is 194 g/mol. The zero-order valence-corrected chi connectivity index (χ0v) is 8.49. The van der Waals surface area contributed by atoms with E-state index in [4.69, 9.17) is 18.6 Å². The minimum atomic E-state index is 0.502. The van der Waals surface area contributed by atoms with E-state index in [2.05, 4.69) is 22.7 Å². The molecule has 0 spiro atoms. The summed E-state index contributed by atoms with van der Waals surface area (Å²) in [5.41, 5.74) is 1.25. The highest BCUT2D eigenvalue weighted by atomic mass is 32.1. The van der Waals surface area contributed by atoms with Crippen molar-refractivity contribution in [1.29, 1.82) is 0 Å². The fourth-order valence-corrected chi connectivity index (χ4v) is 1.59. The van der Waals surface area contributed by atoms with Gasteiger partial charge in [-0.3, -0.25) is 0 Å². The van der Waals surface area contributed by atoms with E-state index >= 15 is 0 Å². The van der Waals surface area contributed by atoms with Crippen LogP contribution in [0.5, 0.6) is 0 Å². The first-order valence-corrected chi connectivity index (χ1v) is 4.77. The maximum atomic E-state index is 5.17. The Balaban J connectivity index is 2.38. The summed E-state index contributed by atoms with van der Waals surface area (Å²) in [6, 6.07) is 0. The summed E-state index contributed by atoms with van der Waals surface area (Å²) in [5.74, 6) is 2.50. The van der Waals surface area contributed by atoms with Crippen molar-refractivity contribution in [3.05, 3.63) is 12.2 Å². The topological polar surface area (TPSA) is 15.3 Å². The molecule has 1 heterocycles. The van der Waals surface area contributed by atoms with Crippen LogP contribution >= 0.6 is 12.2 Å².